The van der Waals surface area contributed by atoms with Gasteiger partial charge in [0.15, 0.2) is 0 Å². The summed E-state index contributed by atoms with van der Waals surface area (Å²) in [5.41, 5.74) is 0.715. The van der Waals surface area contributed by atoms with Crippen LogP contribution < -0.4 is 0 Å². The number of carbonyl (C=O) groups is 1. The number of hydrogen-bond donors (Lipinski definition) is 0. The molecule has 3 rings (SSSR count). The molecular weight excluding hydrogens is 314 g/mol. The number of benzene rings is 1. The van der Waals surface area contributed by atoms with Crippen molar-refractivity contribution in [2.45, 2.75) is 51.7 Å². The molecule has 1 saturated heterocycles. The van der Waals surface area contributed by atoms with Crippen molar-refractivity contribution in [1.29, 1.82) is 0 Å². The zero-order chi connectivity index (χ0) is 16.4. The van der Waals surface area contributed by atoms with E-state index in [4.69, 9.17) is 11.6 Å². The Kier molecular flexibility index (Phi) is 4.61. The summed E-state index contributed by atoms with van der Waals surface area (Å²) in [6.45, 7) is 4.29. The summed E-state index contributed by atoms with van der Waals surface area (Å²) < 4.78 is 0. The molecule has 0 N–H and O–H groups in total. The van der Waals surface area contributed by atoms with Gasteiger partial charge in [0, 0.05) is 17.6 Å². The van der Waals surface area contributed by atoms with Crippen molar-refractivity contribution in [3.05, 3.63) is 29.3 Å². The second kappa shape index (κ2) is 6.66. The SMILES string of the molecule is C[C@H]1CCC[C@H](C)N1C(=O)Cn1nnc(-c2ccccc2Cl)n1. The summed E-state index contributed by atoms with van der Waals surface area (Å²) in [6.07, 6.45) is 3.27. The Balaban J connectivity index is 1.74. The quantitative estimate of drug-likeness (QED) is 0.866. The van der Waals surface area contributed by atoms with Crippen LogP contribution in [0.5, 0.6) is 0 Å². The molecule has 0 aliphatic carbocycles. The standard InChI is InChI=1S/C16H20ClN5O/c1-11-6-5-7-12(2)22(11)15(23)10-21-19-16(18-20-21)13-8-3-4-9-14(13)17/h3-4,8-9,11-12H,5-7,10H2,1-2H3/t11-,12-/m0/s1. The van der Waals surface area contributed by atoms with Crippen LogP contribution in [0.2, 0.25) is 5.02 Å². The number of tetrazole rings is 1. The minimum atomic E-state index is 0.0350. The van der Waals surface area contributed by atoms with Crippen LogP contribution in [-0.2, 0) is 11.3 Å². The van der Waals surface area contributed by atoms with E-state index in [1.165, 1.54) is 11.2 Å². The summed E-state index contributed by atoms with van der Waals surface area (Å²) in [5.74, 6) is 0.468. The van der Waals surface area contributed by atoms with Crippen LogP contribution >= 0.6 is 11.6 Å². The zero-order valence-electron chi connectivity index (χ0n) is 13.3. The van der Waals surface area contributed by atoms with Gasteiger partial charge in [-0.05, 0) is 50.5 Å². The van der Waals surface area contributed by atoms with Crippen molar-refractivity contribution in [3.8, 4) is 11.4 Å². The number of halogens is 1. The van der Waals surface area contributed by atoms with E-state index in [-0.39, 0.29) is 24.5 Å². The smallest absolute Gasteiger partial charge is 0.246 e. The number of hydrogen-bond acceptors (Lipinski definition) is 4. The van der Waals surface area contributed by atoms with Crippen LogP contribution in [0.25, 0.3) is 11.4 Å². The van der Waals surface area contributed by atoms with Crippen molar-refractivity contribution in [2.24, 2.45) is 0 Å². The number of aromatic nitrogens is 4. The number of likely N-dealkylation sites (tertiary alicyclic amines) is 1. The Morgan fingerprint density at radius 1 is 1.26 bits per heavy atom. The Morgan fingerprint density at radius 3 is 2.65 bits per heavy atom. The maximum absolute atomic E-state index is 12.6. The molecule has 2 aromatic rings. The normalized spacial score (nSPS) is 21.4. The maximum atomic E-state index is 12.6. The lowest BCUT2D eigenvalue weighted by Crippen LogP contribution is -2.48. The third-order valence-corrected chi connectivity index (χ3v) is 4.66. The van der Waals surface area contributed by atoms with Gasteiger partial charge in [0.1, 0.15) is 6.54 Å². The molecular formula is C16H20ClN5O. The van der Waals surface area contributed by atoms with Gasteiger partial charge in [-0.25, -0.2) is 0 Å². The van der Waals surface area contributed by atoms with Gasteiger partial charge in [-0.2, -0.15) is 4.80 Å². The number of carbonyl (C=O) groups excluding carboxylic acids is 1. The van der Waals surface area contributed by atoms with E-state index in [0.29, 0.717) is 16.4 Å². The molecule has 23 heavy (non-hydrogen) atoms. The second-order valence-electron chi connectivity index (χ2n) is 6.05. The third kappa shape index (κ3) is 3.37. The first-order valence-electron chi connectivity index (χ1n) is 7.90. The van der Waals surface area contributed by atoms with Crippen LogP contribution in [0.4, 0.5) is 0 Å². The van der Waals surface area contributed by atoms with Gasteiger partial charge in [0.05, 0.1) is 5.02 Å². The van der Waals surface area contributed by atoms with Gasteiger partial charge < -0.3 is 4.90 Å². The van der Waals surface area contributed by atoms with Gasteiger partial charge in [-0.1, -0.05) is 23.7 Å². The maximum Gasteiger partial charge on any atom is 0.246 e. The van der Waals surface area contributed by atoms with E-state index in [9.17, 15) is 4.79 Å². The van der Waals surface area contributed by atoms with E-state index in [2.05, 4.69) is 29.3 Å². The highest BCUT2D eigenvalue weighted by Gasteiger charge is 2.29. The molecule has 122 valence electrons. The van der Waals surface area contributed by atoms with Crippen molar-refractivity contribution < 1.29 is 4.79 Å². The number of amides is 1. The van der Waals surface area contributed by atoms with Crippen molar-refractivity contribution in [1.82, 2.24) is 25.1 Å². The van der Waals surface area contributed by atoms with Crippen molar-refractivity contribution in [2.75, 3.05) is 0 Å². The summed E-state index contributed by atoms with van der Waals surface area (Å²) in [6, 6.07) is 7.85. The second-order valence-corrected chi connectivity index (χ2v) is 6.46. The Morgan fingerprint density at radius 2 is 1.96 bits per heavy atom. The molecule has 0 spiro atoms. The Hall–Kier alpha value is -1.95. The number of piperidine rings is 1. The molecule has 1 aliphatic heterocycles. The average molecular weight is 334 g/mol. The zero-order valence-corrected chi connectivity index (χ0v) is 14.1. The molecule has 1 aromatic carbocycles. The van der Waals surface area contributed by atoms with Crippen LogP contribution in [0.1, 0.15) is 33.1 Å². The fourth-order valence-electron chi connectivity index (χ4n) is 3.18. The van der Waals surface area contributed by atoms with E-state index in [0.717, 1.165) is 12.8 Å². The first kappa shape index (κ1) is 15.9. The average Bonchev–Trinajstić information content (AvgIpc) is 2.95. The molecule has 2 atom stereocenters. The molecule has 1 aliphatic rings. The molecule has 1 aromatic heterocycles. The van der Waals surface area contributed by atoms with E-state index >= 15 is 0 Å². The summed E-state index contributed by atoms with van der Waals surface area (Å²) in [7, 11) is 0. The fourth-order valence-corrected chi connectivity index (χ4v) is 3.40. The molecule has 7 heteroatoms. The number of nitrogens with zero attached hydrogens (tertiary/aromatic N) is 5. The largest absolute Gasteiger partial charge is 0.336 e. The lowest BCUT2D eigenvalue weighted by atomic mass is 9.97. The number of rotatable bonds is 3. The van der Waals surface area contributed by atoms with Crippen LogP contribution in [0.3, 0.4) is 0 Å². The first-order chi connectivity index (χ1) is 11.1. The van der Waals surface area contributed by atoms with Gasteiger partial charge in [0.25, 0.3) is 0 Å². The summed E-state index contributed by atoms with van der Waals surface area (Å²) in [4.78, 5) is 15.9. The van der Waals surface area contributed by atoms with Gasteiger partial charge in [0.2, 0.25) is 11.7 Å². The lowest BCUT2D eigenvalue weighted by molar-refractivity contribution is -0.138. The van der Waals surface area contributed by atoms with Crippen molar-refractivity contribution in [3.63, 3.8) is 0 Å². The topological polar surface area (TPSA) is 63.9 Å². The van der Waals surface area contributed by atoms with E-state index in [1.807, 2.05) is 23.1 Å². The highest BCUT2D eigenvalue weighted by atomic mass is 35.5. The molecule has 0 radical (unpaired) electrons. The van der Waals surface area contributed by atoms with Crippen molar-refractivity contribution >= 4 is 17.5 Å². The van der Waals surface area contributed by atoms with Crippen LogP contribution in [0.15, 0.2) is 24.3 Å². The van der Waals surface area contributed by atoms with Crippen LogP contribution in [0, 0.1) is 0 Å². The van der Waals surface area contributed by atoms with Gasteiger partial charge in [-0.15, -0.1) is 10.2 Å². The van der Waals surface area contributed by atoms with Crippen LogP contribution in [-0.4, -0.2) is 43.1 Å². The summed E-state index contributed by atoms with van der Waals surface area (Å²) in [5, 5.41) is 12.9. The molecule has 1 fully saturated rings. The molecule has 1 amide bonds. The highest BCUT2D eigenvalue weighted by Crippen LogP contribution is 2.24. The van der Waals surface area contributed by atoms with Gasteiger partial charge >= 0.3 is 0 Å². The van der Waals surface area contributed by atoms with Gasteiger partial charge in [-0.3, -0.25) is 4.79 Å². The molecule has 0 bridgehead atoms. The molecule has 0 saturated carbocycles. The van der Waals surface area contributed by atoms with E-state index < -0.39 is 0 Å². The Labute approximate surface area is 140 Å². The summed E-state index contributed by atoms with van der Waals surface area (Å²) >= 11 is 6.14. The predicted molar refractivity (Wildman–Crippen MR) is 87.9 cm³/mol. The molecule has 2 heterocycles. The lowest BCUT2D eigenvalue weighted by Gasteiger charge is -2.38. The third-order valence-electron chi connectivity index (χ3n) is 4.33. The minimum absolute atomic E-state index is 0.0350. The van der Waals surface area contributed by atoms with E-state index in [1.54, 1.807) is 6.07 Å². The highest BCUT2D eigenvalue weighted by molar-refractivity contribution is 6.33. The molecule has 0 unspecified atom stereocenters. The molecule has 6 nitrogen and oxygen atoms in total. The predicted octanol–water partition coefficient (Wildman–Crippen LogP) is 2.78. The fraction of sp³-hybridized carbons (Fsp3) is 0.500. The first-order valence-corrected chi connectivity index (χ1v) is 8.28. The Bertz CT molecular complexity index is 691. The monoisotopic (exact) mass is 333 g/mol. The minimum Gasteiger partial charge on any atom is -0.336 e.